The summed E-state index contributed by atoms with van der Waals surface area (Å²) in [5.74, 6) is 1.60. The maximum absolute atomic E-state index is 11.4. The van der Waals surface area contributed by atoms with Gasteiger partial charge in [0.15, 0.2) is 11.5 Å². The number of rotatable bonds is 16. The van der Waals surface area contributed by atoms with Crippen LogP contribution < -0.4 is 18.9 Å². The Morgan fingerprint density at radius 1 is 0.440 bits per heavy atom. The number of hydrogen-bond acceptors (Lipinski definition) is 7. The molecule has 0 amide bonds. The summed E-state index contributed by atoms with van der Waals surface area (Å²) in [7, 11) is 0. The summed E-state index contributed by atoms with van der Waals surface area (Å²) in [6, 6.07) is 47.3. The first-order chi connectivity index (χ1) is 24.5. The van der Waals surface area contributed by atoms with Crippen LogP contribution in [-0.4, -0.2) is 21.4 Å². The van der Waals surface area contributed by atoms with Crippen LogP contribution in [0.15, 0.2) is 152 Å². The van der Waals surface area contributed by atoms with Crippen molar-refractivity contribution in [3.8, 4) is 28.7 Å². The van der Waals surface area contributed by atoms with Gasteiger partial charge < -0.3 is 34.3 Å². The summed E-state index contributed by atoms with van der Waals surface area (Å²) >= 11 is 0. The third kappa shape index (κ3) is 9.44. The second-order valence-corrected chi connectivity index (χ2v) is 11.9. The second kappa shape index (κ2) is 17.1. The zero-order valence-corrected chi connectivity index (χ0v) is 27.6. The number of hydrogen-bond donors (Lipinski definition) is 3. The van der Waals surface area contributed by atoms with Gasteiger partial charge in [-0.2, -0.15) is 0 Å². The minimum atomic E-state index is -1.31. The standard InChI is InChI=1S/C43H40O7/c44-38-24-36(47-27-31-13-5-1-6-14-31)25-41(49-29-33-17-9-3-10-18-33)37(38)26-39(45)43(46)35-21-22-40(48-28-32-15-7-2-8-16-32)42(23-35)50-30-34-19-11-4-12-20-34/h1-25,39,43-46H,26-30H2/t39-,43+/m1/s1. The Labute approximate surface area is 292 Å². The summed E-state index contributed by atoms with van der Waals surface area (Å²) in [4.78, 5) is 0. The van der Waals surface area contributed by atoms with E-state index >= 15 is 0 Å². The molecule has 254 valence electrons. The molecule has 7 nitrogen and oxygen atoms in total. The zero-order chi connectivity index (χ0) is 34.5. The van der Waals surface area contributed by atoms with E-state index in [1.165, 1.54) is 6.07 Å². The molecule has 50 heavy (non-hydrogen) atoms. The third-order valence-corrected chi connectivity index (χ3v) is 8.21. The number of aromatic hydroxyl groups is 1. The molecule has 0 radical (unpaired) electrons. The van der Waals surface area contributed by atoms with Gasteiger partial charge in [0.05, 0.1) is 6.10 Å². The number of phenols is 1. The Kier molecular flexibility index (Phi) is 11.6. The number of phenolic OH excluding ortho intramolecular Hbond substituents is 1. The predicted octanol–water partition coefficient (Wildman–Crippen LogP) is 8.35. The Morgan fingerprint density at radius 3 is 1.38 bits per heavy atom. The van der Waals surface area contributed by atoms with Crippen LogP contribution in [0.3, 0.4) is 0 Å². The molecule has 0 spiro atoms. The van der Waals surface area contributed by atoms with Crippen molar-refractivity contribution in [3.05, 3.63) is 185 Å². The van der Waals surface area contributed by atoms with Crippen molar-refractivity contribution in [1.29, 1.82) is 0 Å². The van der Waals surface area contributed by atoms with E-state index in [1.807, 2.05) is 121 Å². The van der Waals surface area contributed by atoms with E-state index in [0.29, 0.717) is 53.9 Å². The average molecular weight is 669 g/mol. The first-order valence-electron chi connectivity index (χ1n) is 16.5. The van der Waals surface area contributed by atoms with Crippen LogP contribution in [0.4, 0.5) is 0 Å². The molecule has 7 heteroatoms. The summed E-state index contributed by atoms with van der Waals surface area (Å²) in [5.41, 5.74) is 4.67. The highest BCUT2D eigenvalue weighted by Crippen LogP contribution is 2.38. The van der Waals surface area contributed by atoms with Crippen molar-refractivity contribution < 1.29 is 34.3 Å². The number of aliphatic hydroxyl groups excluding tert-OH is 2. The molecular weight excluding hydrogens is 628 g/mol. The number of aliphatic hydroxyl groups is 2. The van der Waals surface area contributed by atoms with Crippen molar-refractivity contribution in [1.82, 2.24) is 0 Å². The van der Waals surface area contributed by atoms with Gasteiger partial charge in [-0.05, 0) is 39.9 Å². The maximum Gasteiger partial charge on any atom is 0.162 e. The fraction of sp³-hybridized carbons (Fsp3) is 0.163. The summed E-state index contributed by atoms with van der Waals surface area (Å²) < 4.78 is 24.5. The van der Waals surface area contributed by atoms with Crippen molar-refractivity contribution >= 4 is 0 Å². The average Bonchev–Trinajstić information content (AvgIpc) is 3.17. The lowest BCUT2D eigenvalue weighted by molar-refractivity contribution is 0.0180. The quantitative estimate of drug-likeness (QED) is 0.0954. The lowest BCUT2D eigenvalue weighted by Gasteiger charge is -2.22. The molecule has 0 unspecified atom stereocenters. The Bertz CT molecular complexity index is 1920. The van der Waals surface area contributed by atoms with E-state index in [1.54, 1.807) is 24.3 Å². The summed E-state index contributed by atoms with van der Waals surface area (Å²) in [6.07, 6.45) is -2.70. The van der Waals surface area contributed by atoms with E-state index in [4.69, 9.17) is 18.9 Å². The van der Waals surface area contributed by atoms with Crippen molar-refractivity contribution in [3.63, 3.8) is 0 Å². The highest BCUT2D eigenvalue weighted by Gasteiger charge is 2.25. The normalized spacial score (nSPS) is 12.1. The zero-order valence-electron chi connectivity index (χ0n) is 27.6. The first-order valence-corrected chi connectivity index (χ1v) is 16.5. The first kappa shape index (κ1) is 34.1. The SMILES string of the molecule is Oc1cc(OCc2ccccc2)cc(OCc2ccccc2)c1C[C@@H](O)[C@@H](O)c1ccc(OCc2ccccc2)c(OCc2ccccc2)c1. The van der Waals surface area contributed by atoms with Crippen LogP contribution in [0.2, 0.25) is 0 Å². The van der Waals surface area contributed by atoms with Gasteiger partial charge in [-0.3, -0.25) is 0 Å². The van der Waals surface area contributed by atoms with Crippen LogP contribution in [0, 0.1) is 0 Å². The van der Waals surface area contributed by atoms with E-state index in [2.05, 4.69) is 0 Å². The summed E-state index contributed by atoms with van der Waals surface area (Å²) in [5, 5.41) is 34.0. The molecule has 0 aliphatic rings. The third-order valence-electron chi connectivity index (χ3n) is 8.21. The van der Waals surface area contributed by atoms with Crippen molar-refractivity contribution in [2.24, 2.45) is 0 Å². The smallest absolute Gasteiger partial charge is 0.162 e. The second-order valence-electron chi connectivity index (χ2n) is 11.9. The van der Waals surface area contributed by atoms with Crippen LogP contribution >= 0.6 is 0 Å². The number of benzene rings is 6. The monoisotopic (exact) mass is 668 g/mol. The minimum Gasteiger partial charge on any atom is -0.507 e. The van der Waals surface area contributed by atoms with E-state index < -0.39 is 12.2 Å². The molecule has 6 rings (SSSR count). The fourth-order valence-electron chi connectivity index (χ4n) is 5.45. The van der Waals surface area contributed by atoms with Gasteiger partial charge in [-0.1, -0.05) is 127 Å². The summed E-state index contributed by atoms with van der Waals surface area (Å²) in [6.45, 7) is 1.17. The van der Waals surface area contributed by atoms with Crippen LogP contribution in [0.1, 0.15) is 39.5 Å². The van der Waals surface area contributed by atoms with Crippen LogP contribution in [0.25, 0.3) is 0 Å². The van der Waals surface area contributed by atoms with E-state index in [9.17, 15) is 15.3 Å². The molecule has 2 atom stereocenters. The topological polar surface area (TPSA) is 97.6 Å². The predicted molar refractivity (Wildman–Crippen MR) is 192 cm³/mol. The molecule has 0 heterocycles. The minimum absolute atomic E-state index is 0.0947. The lowest BCUT2D eigenvalue weighted by Crippen LogP contribution is -2.21. The Balaban J connectivity index is 1.22. The van der Waals surface area contributed by atoms with Crippen molar-refractivity contribution in [2.45, 2.75) is 45.1 Å². The highest BCUT2D eigenvalue weighted by atomic mass is 16.5. The molecule has 0 saturated heterocycles. The van der Waals surface area contributed by atoms with Gasteiger partial charge in [0.2, 0.25) is 0 Å². The van der Waals surface area contributed by atoms with Crippen molar-refractivity contribution in [2.75, 3.05) is 0 Å². The van der Waals surface area contributed by atoms with Crippen LogP contribution in [-0.2, 0) is 32.8 Å². The molecule has 0 aliphatic heterocycles. The molecule has 3 N–H and O–H groups in total. The van der Waals surface area contributed by atoms with Gasteiger partial charge in [0.1, 0.15) is 49.8 Å². The lowest BCUT2D eigenvalue weighted by atomic mass is 9.97. The molecule has 0 saturated carbocycles. The molecule has 0 bridgehead atoms. The molecule has 6 aromatic rings. The number of ether oxygens (including phenoxy) is 4. The Hall–Kier alpha value is -5.76. The molecule has 6 aromatic carbocycles. The largest absolute Gasteiger partial charge is 0.507 e. The van der Waals surface area contributed by atoms with Gasteiger partial charge in [-0.25, -0.2) is 0 Å². The molecule has 0 fully saturated rings. The molecular formula is C43H40O7. The van der Waals surface area contributed by atoms with Gasteiger partial charge in [0.25, 0.3) is 0 Å². The van der Waals surface area contributed by atoms with Gasteiger partial charge in [-0.15, -0.1) is 0 Å². The van der Waals surface area contributed by atoms with Gasteiger partial charge in [0, 0.05) is 24.1 Å². The fourth-order valence-corrected chi connectivity index (χ4v) is 5.45. The highest BCUT2D eigenvalue weighted by molar-refractivity contribution is 5.51. The maximum atomic E-state index is 11.4. The van der Waals surface area contributed by atoms with E-state index in [0.717, 1.165) is 22.3 Å². The molecule has 0 aliphatic carbocycles. The van der Waals surface area contributed by atoms with Crippen LogP contribution in [0.5, 0.6) is 28.7 Å². The van der Waals surface area contributed by atoms with Gasteiger partial charge >= 0.3 is 0 Å². The Morgan fingerprint density at radius 2 is 0.880 bits per heavy atom. The van der Waals surface area contributed by atoms with E-state index in [-0.39, 0.29) is 18.8 Å². The molecule has 0 aromatic heterocycles.